The van der Waals surface area contributed by atoms with Crippen LogP contribution in [0, 0.1) is 5.92 Å². The molecule has 4 N–H and O–H groups in total. The van der Waals surface area contributed by atoms with Gasteiger partial charge in [0.1, 0.15) is 5.82 Å². The Hall–Kier alpha value is -2.05. The van der Waals surface area contributed by atoms with Crippen molar-refractivity contribution in [2.75, 3.05) is 6.54 Å². The summed E-state index contributed by atoms with van der Waals surface area (Å²) in [4.78, 5) is 29.1. The quantitative estimate of drug-likeness (QED) is 0.558. The lowest BCUT2D eigenvalue weighted by Crippen LogP contribution is -2.38. The van der Waals surface area contributed by atoms with Gasteiger partial charge in [-0.2, -0.15) is 0 Å². The molecule has 0 aliphatic carbocycles. The zero-order valence-corrected chi connectivity index (χ0v) is 11.1. The lowest BCUT2D eigenvalue weighted by Gasteiger charge is -2.13. The number of hydrogen-bond acceptors (Lipinski definition) is 3. The number of carbonyl (C=O) groups excluding carboxylic acids is 1. The Morgan fingerprint density at radius 1 is 1.47 bits per heavy atom. The second-order valence-electron chi connectivity index (χ2n) is 4.48. The van der Waals surface area contributed by atoms with Crippen LogP contribution in [0.1, 0.15) is 38.6 Å². The molecule has 0 spiro atoms. The summed E-state index contributed by atoms with van der Waals surface area (Å²) in [6.45, 7) is 3.93. The number of amides is 2. The molecule has 0 saturated carbocycles. The molecule has 19 heavy (non-hydrogen) atoms. The Morgan fingerprint density at radius 2 is 2.21 bits per heavy atom. The predicted molar refractivity (Wildman–Crippen MR) is 69.6 cm³/mol. The van der Waals surface area contributed by atoms with Crippen LogP contribution < -0.4 is 10.6 Å². The van der Waals surface area contributed by atoms with Gasteiger partial charge in [0.05, 0.1) is 12.0 Å². The van der Waals surface area contributed by atoms with Gasteiger partial charge in [0, 0.05) is 18.9 Å². The molecule has 1 aromatic rings. The Labute approximate surface area is 111 Å². The Balaban J connectivity index is 2.16. The number of carboxylic acids is 1. The molecule has 0 fully saturated rings. The standard InChI is InChI=1S/C12H20N4O3/c1-8(11(17)18)4-3-5-15-12(19)16-9(2)10-13-6-7-14-10/h6-9H,3-5H2,1-2H3,(H,13,14)(H,17,18)(H2,15,16,19). The maximum Gasteiger partial charge on any atom is 0.315 e. The topological polar surface area (TPSA) is 107 Å². The minimum Gasteiger partial charge on any atom is -0.481 e. The van der Waals surface area contributed by atoms with Crippen LogP contribution in [0.15, 0.2) is 12.4 Å². The summed E-state index contributed by atoms with van der Waals surface area (Å²) in [5, 5.41) is 14.1. The van der Waals surface area contributed by atoms with E-state index in [0.29, 0.717) is 25.2 Å². The van der Waals surface area contributed by atoms with Crippen molar-refractivity contribution < 1.29 is 14.7 Å². The SMILES string of the molecule is CC(CCCNC(=O)NC(C)c1ncc[nH]1)C(=O)O. The summed E-state index contributed by atoms with van der Waals surface area (Å²) in [7, 11) is 0. The molecule has 1 heterocycles. The Bertz CT molecular complexity index is 405. The molecule has 0 aliphatic heterocycles. The van der Waals surface area contributed by atoms with Gasteiger partial charge >= 0.3 is 12.0 Å². The maximum atomic E-state index is 11.5. The van der Waals surface area contributed by atoms with Crippen molar-refractivity contribution in [1.82, 2.24) is 20.6 Å². The first-order chi connectivity index (χ1) is 9.00. The van der Waals surface area contributed by atoms with Crippen LogP contribution in [0.5, 0.6) is 0 Å². The van der Waals surface area contributed by atoms with Crippen molar-refractivity contribution in [3.05, 3.63) is 18.2 Å². The fourth-order valence-corrected chi connectivity index (χ4v) is 1.56. The van der Waals surface area contributed by atoms with Gasteiger partial charge < -0.3 is 20.7 Å². The molecule has 0 bridgehead atoms. The minimum atomic E-state index is -0.809. The van der Waals surface area contributed by atoms with Crippen molar-refractivity contribution in [3.63, 3.8) is 0 Å². The van der Waals surface area contributed by atoms with Gasteiger partial charge in [0.25, 0.3) is 0 Å². The Kier molecular flexibility index (Phi) is 5.84. The average Bonchev–Trinajstić information content (AvgIpc) is 2.87. The molecule has 2 atom stereocenters. The van der Waals surface area contributed by atoms with Crippen LogP contribution in [0.25, 0.3) is 0 Å². The molecule has 0 aliphatic rings. The summed E-state index contributed by atoms with van der Waals surface area (Å²) in [6.07, 6.45) is 4.50. The number of nitrogens with zero attached hydrogens (tertiary/aromatic N) is 1. The third-order valence-corrected chi connectivity index (χ3v) is 2.80. The monoisotopic (exact) mass is 268 g/mol. The highest BCUT2D eigenvalue weighted by atomic mass is 16.4. The van der Waals surface area contributed by atoms with E-state index in [2.05, 4.69) is 20.6 Å². The van der Waals surface area contributed by atoms with Crippen molar-refractivity contribution in [2.24, 2.45) is 5.92 Å². The van der Waals surface area contributed by atoms with E-state index in [-0.39, 0.29) is 18.0 Å². The first-order valence-electron chi connectivity index (χ1n) is 6.27. The number of urea groups is 1. The van der Waals surface area contributed by atoms with Gasteiger partial charge in [0.2, 0.25) is 0 Å². The van der Waals surface area contributed by atoms with E-state index < -0.39 is 5.97 Å². The summed E-state index contributed by atoms with van der Waals surface area (Å²) >= 11 is 0. The van der Waals surface area contributed by atoms with E-state index in [4.69, 9.17) is 5.11 Å². The van der Waals surface area contributed by atoms with Gasteiger partial charge in [-0.15, -0.1) is 0 Å². The number of rotatable bonds is 7. The molecule has 7 heteroatoms. The first-order valence-corrected chi connectivity index (χ1v) is 6.27. The zero-order valence-electron chi connectivity index (χ0n) is 11.1. The number of aliphatic carboxylic acids is 1. The molecule has 2 amide bonds. The number of carbonyl (C=O) groups is 2. The van der Waals surface area contributed by atoms with Crippen molar-refractivity contribution in [3.8, 4) is 0 Å². The first kappa shape index (κ1) is 15.0. The van der Waals surface area contributed by atoms with Crippen molar-refractivity contribution in [2.45, 2.75) is 32.7 Å². The normalized spacial score (nSPS) is 13.6. The van der Waals surface area contributed by atoms with Crippen LogP contribution >= 0.6 is 0 Å². The molecular weight excluding hydrogens is 248 g/mol. The van der Waals surface area contributed by atoms with Crippen LogP contribution in [0.2, 0.25) is 0 Å². The average molecular weight is 268 g/mol. The van der Waals surface area contributed by atoms with Gasteiger partial charge in [-0.3, -0.25) is 4.79 Å². The lowest BCUT2D eigenvalue weighted by molar-refractivity contribution is -0.141. The van der Waals surface area contributed by atoms with Crippen LogP contribution in [-0.4, -0.2) is 33.6 Å². The third-order valence-electron chi connectivity index (χ3n) is 2.80. The second kappa shape index (κ2) is 7.40. The molecule has 7 nitrogen and oxygen atoms in total. The number of nitrogens with one attached hydrogen (secondary N) is 3. The Morgan fingerprint density at radius 3 is 2.79 bits per heavy atom. The molecule has 1 rings (SSSR count). The lowest BCUT2D eigenvalue weighted by atomic mass is 10.1. The van der Waals surface area contributed by atoms with Gasteiger partial charge in [-0.05, 0) is 19.8 Å². The molecular formula is C12H20N4O3. The number of hydrogen-bond donors (Lipinski definition) is 4. The highest BCUT2D eigenvalue weighted by molar-refractivity contribution is 5.74. The molecule has 2 unspecified atom stereocenters. The maximum absolute atomic E-state index is 11.5. The van der Waals surface area contributed by atoms with Gasteiger partial charge in [0.15, 0.2) is 0 Å². The number of carboxylic acid groups (broad SMARTS) is 1. The van der Waals surface area contributed by atoms with E-state index in [1.54, 1.807) is 19.3 Å². The number of aromatic amines is 1. The van der Waals surface area contributed by atoms with Crippen LogP contribution in [0.3, 0.4) is 0 Å². The fraction of sp³-hybridized carbons (Fsp3) is 0.583. The van der Waals surface area contributed by atoms with E-state index in [0.717, 1.165) is 0 Å². The van der Waals surface area contributed by atoms with E-state index in [1.807, 2.05) is 6.92 Å². The van der Waals surface area contributed by atoms with Gasteiger partial charge in [-0.25, -0.2) is 9.78 Å². The highest BCUT2D eigenvalue weighted by Crippen LogP contribution is 2.05. The highest BCUT2D eigenvalue weighted by Gasteiger charge is 2.12. The predicted octanol–water partition coefficient (Wildman–Crippen LogP) is 1.27. The van der Waals surface area contributed by atoms with E-state index >= 15 is 0 Å². The largest absolute Gasteiger partial charge is 0.481 e. The van der Waals surface area contributed by atoms with Crippen LogP contribution in [0.4, 0.5) is 4.79 Å². The minimum absolute atomic E-state index is 0.201. The summed E-state index contributed by atoms with van der Waals surface area (Å²) in [5.41, 5.74) is 0. The van der Waals surface area contributed by atoms with Crippen molar-refractivity contribution in [1.29, 1.82) is 0 Å². The fourth-order valence-electron chi connectivity index (χ4n) is 1.56. The third kappa shape index (κ3) is 5.41. The summed E-state index contributed by atoms with van der Waals surface area (Å²) in [5.74, 6) is -0.502. The summed E-state index contributed by atoms with van der Waals surface area (Å²) < 4.78 is 0. The molecule has 106 valence electrons. The van der Waals surface area contributed by atoms with Gasteiger partial charge in [-0.1, -0.05) is 6.92 Å². The molecule has 0 radical (unpaired) electrons. The number of H-pyrrole nitrogens is 1. The molecule has 0 saturated heterocycles. The number of aromatic nitrogens is 2. The van der Waals surface area contributed by atoms with E-state index in [9.17, 15) is 9.59 Å². The summed E-state index contributed by atoms with van der Waals surface area (Å²) in [6, 6.07) is -0.486. The molecule has 0 aromatic carbocycles. The van der Waals surface area contributed by atoms with E-state index in [1.165, 1.54) is 0 Å². The molecule has 1 aromatic heterocycles. The van der Waals surface area contributed by atoms with Crippen LogP contribution in [-0.2, 0) is 4.79 Å². The van der Waals surface area contributed by atoms with Crippen molar-refractivity contribution >= 4 is 12.0 Å². The second-order valence-corrected chi connectivity index (χ2v) is 4.48. The number of imidazole rings is 1. The zero-order chi connectivity index (χ0) is 14.3. The smallest absolute Gasteiger partial charge is 0.315 e.